The predicted octanol–water partition coefficient (Wildman–Crippen LogP) is 5.30. The Morgan fingerprint density at radius 1 is 1.22 bits per heavy atom. The van der Waals surface area contributed by atoms with Crippen LogP contribution in [0.25, 0.3) is 12.2 Å². The Morgan fingerprint density at radius 2 is 2.04 bits per heavy atom. The van der Waals surface area contributed by atoms with Gasteiger partial charge in [-0.3, -0.25) is 4.79 Å². The smallest absolute Gasteiger partial charge is 0.291 e. The SMILES string of the molecule is N#Cc1ccc(NC(=O)c2ccc(/C=C/c3nc(C4CCC4)cs3)o2)cc1. The molecule has 2 aromatic heterocycles. The molecule has 2 heterocycles. The minimum absolute atomic E-state index is 0.230. The summed E-state index contributed by atoms with van der Waals surface area (Å²) in [6.45, 7) is 0. The molecular weight excluding hydrogens is 358 g/mol. The highest BCUT2D eigenvalue weighted by atomic mass is 32.1. The van der Waals surface area contributed by atoms with E-state index < -0.39 is 0 Å². The monoisotopic (exact) mass is 375 g/mol. The molecule has 0 spiro atoms. The van der Waals surface area contributed by atoms with Crippen LogP contribution in [0.15, 0.2) is 46.2 Å². The molecule has 134 valence electrons. The van der Waals surface area contributed by atoms with Gasteiger partial charge in [0.2, 0.25) is 0 Å². The number of nitriles is 1. The van der Waals surface area contributed by atoms with Gasteiger partial charge >= 0.3 is 0 Å². The standard InChI is InChI=1S/C21H17N3O2S/c22-12-14-4-6-16(7-5-14)23-21(25)19-10-8-17(26-19)9-11-20-24-18(13-27-20)15-2-1-3-15/h4-11,13,15H,1-3H2,(H,23,25)/b11-9+. The van der Waals surface area contributed by atoms with Gasteiger partial charge in [-0.05, 0) is 61.4 Å². The Kier molecular flexibility index (Phi) is 4.86. The fourth-order valence-corrected chi connectivity index (χ4v) is 3.60. The van der Waals surface area contributed by atoms with Crippen molar-refractivity contribution in [3.63, 3.8) is 0 Å². The van der Waals surface area contributed by atoms with Gasteiger partial charge in [0.1, 0.15) is 10.8 Å². The largest absolute Gasteiger partial charge is 0.452 e. The molecule has 1 fully saturated rings. The number of carbonyl (C=O) groups is 1. The number of carbonyl (C=O) groups excluding carboxylic acids is 1. The number of nitrogens with zero attached hydrogens (tertiary/aromatic N) is 2. The fourth-order valence-electron chi connectivity index (χ4n) is 2.81. The number of hydrogen-bond acceptors (Lipinski definition) is 5. The molecule has 3 aromatic rings. The van der Waals surface area contributed by atoms with Gasteiger partial charge in [0.15, 0.2) is 5.76 Å². The molecule has 1 aliphatic carbocycles. The molecule has 1 aromatic carbocycles. The average Bonchev–Trinajstić information content (AvgIpc) is 3.29. The zero-order valence-electron chi connectivity index (χ0n) is 14.5. The fraction of sp³-hybridized carbons (Fsp3) is 0.190. The van der Waals surface area contributed by atoms with E-state index in [9.17, 15) is 4.79 Å². The molecule has 27 heavy (non-hydrogen) atoms. The van der Waals surface area contributed by atoms with Crippen LogP contribution in [-0.4, -0.2) is 10.9 Å². The van der Waals surface area contributed by atoms with Crippen molar-refractivity contribution in [3.05, 3.63) is 69.6 Å². The molecule has 6 heteroatoms. The molecule has 0 saturated heterocycles. The molecule has 0 radical (unpaired) electrons. The summed E-state index contributed by atoms with van der Waals surface area (Å²) >= 11 is 1.62. The summed E-state index contributed by atoms with van der Waals surface area (Å²) in [6.07, 6.45) is 7.51. The van der Waals surface area contributed by atoms with E-state index in [1.807, 2.05) is 18.2 Å². The van der Waals surface area contributed by atoms with Crippen LogP contribution in [0.3, 0.4) is 0 Å². The topological polar surface area (TPSA) is 78.9 Å². The number of thiazole rings is 1. The van der Waals surface area contributed by atoms with Crippen molar-refractivity contribution in [1.82, 2.24) is 4.98 Å². The van der Waals surface area contributed by atoms with Crippen LogP contribution >= 0.6 is 11.3 Å². The molecule has 1 N–H and O–H groups in total. The second-order valence-corrected chi connectivity index (χ2v) is 7.31. The van der Waals surface area contributed by atoms with Crippen LogP contribution in [0.5, 0.6) is 0 Å². The van der Waals surface area contributed by atoms with Crippen molar-refractivity contribution >= 4 is 35.1 Å². The van der Waals surface area contributed by atoms with Crippen LogP contribution in [0.1, 0.15) is 57.8 Å². The van der Waals surface area contributed by atoms with E-state index in [2.05, 4.69) is 15.7 Å². The maximum absolute atomic E-state index is 12.3. The summed E-state index contributed by atoms with van der Waals surface area (Å²) in [5, 5.41) is 14.6. The minimum atomic E-state index is -0.333. The van der Waals surface area contributed by atoms with Gasteiger partial charge in [-0.25, -0.2) is 4.98 Å². The molecule has 5 nitrogen and oxygen atoms in total. The van der Waals surface area contributed by atoms with E-state index in [4.69, 9.17) is 9.68 Å². The normalized spacial score (nSPS) is 14.0. The van der Waals surface area contributed by atoms with Gasteiger partial charge in [-0.2, -0.15) is 5.26 Å². The summed E-state index contributed by atoms with van der Waals surface area (Å²) < 4.78 is 5.60. The van der Waals surface area contributed by atoms with E-state index in [0.717, 1.165) is 5.01 Å². The quantitative estimate of drug-likeness (QED) is 0.656. The van der Waals surface area contributed by atoms with Crippen LogP contribution in [0.2, 0.25) is 0 Å². The van der Waals surface area contributed by atoms with Crippen LogP contribution in [0, 0.1) is 11.3 Å². The lowest BCUT2D eigenvalue weighted by atomic mass is 9.83. The predicted molar refractivity (Wildman–Crippen MR) is 105 cm³/mol. The number of benzene rings is 1. The van der Waals surface area contributed by atoms with Crippen molar-refractivity contribution in [1.29, 1.82) is 5.26 Å². The Labute approximate surface area is 161 Å². The van der Waals surface area contributed by atoms with E-state index in [1.54, 1.807) is 47.7 Å². The molecule has 0 unspecified atom stereocenters. The number of rotatable bonds is 5. The highest BCUT2D eigenvalue weighted by Crippen LogP contribution is 2.36. The van der Waals surface area contributed by atoms with E-state index in [-0.39, 0.29) is 11.7 Å². The third-order valence-electron chi connectivity index (χ3n) is 4.58. The summed E-state index contributed by atoms with van der Waals surface area (Å²) in [5.74, 6) is 1.12. The van der Waals surface area contributed by atoms with Crippen molar-refractivity contribution in [2.24, 2.45) is 0 Å². The molecule has 1 aliphatic rings. The molecule has 1 amide bonds. The summed E-state index contributed by atoms with van der Waals surface area (Å²) in [4.78, 5) is 16.9. The van der Waals surface area contributed by atoms with Gasteiger partial charge < -0.3 is 9.73 Å². The van der Waals surface area contributed by atoms with Crippen molar-refractivity contribution < 1.29 is 9.21 Å². The first-order chi connectivity index (χ1) is 13.2. The average molecular weight is 375 g/mol. The number of hydrogen-bond donors (Lipinski definition) is 1. The Morgan fingerprint density at radius 3 is 2.74 bits per heavy atom. The zero-order chi connectivity index (χ0) is 18.6. The maximum atomic E-state index is 12.3. The number of anilines is 1. The first kappa shape index (κ1) is 17.3. The number of nitrogens with one attached hydrogen (secondary N) is 1. The Bertz CT molecular complexity index is 1020. The van der Waals surface area contributed by atoms with Crippen LogP contribution < -0.4 is 5.32 Å². The molecule has 0 atom stereocenters. The first-order valence-corrected chi connectivity index (χ1v) is 9.64. The molecule has 1 saturated carbocycles. The van der Waals surface area contributed by atoms with E-state index in [1.165, 1.54) is 25.0 Å². The van der Waals surface area contributed by atoms with Gasteiger partial charge in [0, 0.05) is 17.0 Å². The molecule has 0 aliphatic heterocycles. The van der Waals surface area contributed by atoms with Crippen molar-refractivity contribution in [2.75, 3.05) is 5.32 Å². The van der Waals surface area contributed by atoms with E-state index in [0.29, 0.717) is 22.9 Å². The zero-order valence-corrected chi connectivity index (χ0v) is 15.3. The second kappa shape index (κ2) is 7.60. The van der Waals surface area contributed by atoms with Gasteiger partial charge in [-0.1, -0.05) is 6.42 Å². The third-order valence-corrected chi connectivity index (χ3v) is 5.40. The summed E-state index contributed by atoms with van der Waals surface area (Å²) in [5.41, 5.74) is 2.34. The lowest BCUT2D eigenvalue weighted by molar-refractivity contribution is 0.0996. The lowest BCUT2D eigenvalue weighted by Crippen LogP contribution is -2.10. The Hall–Kier alpha value is -3.17. The van der Waals surface area contributed by atoms with Crippen molar-refractivity contribution in [3.8, 4) is 6.07 Å². The highest BCUT2D eigenvalue weighted by Gasteiger charge is 2.21. The summed E-state index contributed by atoms with van der Waals surface area (Å²) in [6, 6.07) is 12.1. The Balaban J connectivity index is 1.39. The summed E-state index contributed by atoms with van der Waals surface area (Å²) in [7, 11) is 0. The minimum Gasteiger partial charge on any atom is -0.452 e. The number of amides is 1. The number of aromatic nitrogens is 1. The van der Waals surface area contributed by atoms with Crippen LogP contribution in [-0.2, 0) is 0 Å². The van der Waals surface area contributed by atoms with Crippen LogP contribution in [0.4, 0.5) is 5.69 Å². The van der Waals surface area contributed by atoms with Gasteiger partial charge in [0.05, 0.1) is 17.3 Å². The van der Waals surface area contributed by atoms with Crippen molar-refractivity contribution in [2.45, 2.75) is 25.2 Å². The number of furan rings is 1. The molecule has 0 bridgehead atoms. The van der Waals surface area contributed by atoms with Gasteiger partial charge in [0.25, 0.3) is 5.91 Å². The first-order valence-electron chi connectivity index (χ1n) is 8.76. The maximum Gasteiger partial charge on any atom is 0.291 e. The van der Waals surface area contributed by atoms with E-state index >= 15 is 0 Å². The molecular formula is C21H17N3O2S. The lowest BCUT2D eigenvalue weighted by Gasteiger charge is -2.22. The second-order valence-electron chi connectivity index (χ2n) is 6.42. The highest BCUT2D eigenvalue weighted by molar-refractivity contribution is 7.10. The molecule has 4 rings (SSSR count). The third kappa shape index (κ3) is 3.99. The van der Waals surface area contributed by atoms with Gasteiger partial charge in [-0.15, -0.1) is 11.3 Å².